The first kappa shape index (κ1) is 13.8. The van der Waals surface area contributed by atoms with Crippen LogP contribution in [0.2, 0.25) is 0 Å². The summed E-state index contributed by atoms with van der Waals surface area (Å²) in [5.41, 5.74) is 0. The normalized spacial score (nSPS) is 37.9. The standard InChI is InChI=1S/C12H20O6S/c13-10-7-19(14,15)8-11(10)18-9-1-3-12(4-2-9)16-5-6-17-12/h9-11,13H,1-8H2. The van der Waals surface area contributed by atoms with Crippen LogP contribution in [0.3, 0.4) is 0 Å². The van der Waals surface area contributed by atoms with E-state index in [9.17, 15) is 13.5 Å². The SMILES string of the molecule is O=S1(=O)CC(O)C(OC2CCC3(CC2)OCCO3)C1. The number of rotatable bonds is 2. The molecule has 0 radical (unpaired) electrons. The second-order valence-corrected chi connectivity index (χ2v) is 7.78. The Kier molecular flexibility index (Phi) is 3.59. The molecule has 2 unspecified atom stereocenters. The number of hydrogen-bond donors (Lipinski definition) is 1. The third-order valence-electron chi connectivity index (χ3n) is 4.15. The summed E-state index contributed by atoms with van der Waals surface area (Å²) in [5.74, 6) is -0.677. The lowest BCUT2D eigenvalue weighted by molar-refractivity contribution is -0.197. The fourth-order valence-electron chi connectivity index (χ4n) is 3.13. The smallest absolute Gasteiger partial charge is 0.168 e. The summed E-state index contributed by atoms with van der Waals surface area (Å²) in [6, 6.07) is 0. The Morgan fingerprint density at radius 1 is 1.11 bits per heavy atom. The van der Waals surface area contributed by atoms with Gasteiger partial charge in [-0.1, -0.05) is 0 Å². The first-order chi connectivity index (χ1) is 8.98. The molecule has 0 aromatic rings. The van der Waals surface area contributed by atoms with E-state index in [2.05, 4.69) is 0 Å². The van der Waals surface area contributed by atoms with Crippen molar-refractivity contribution in [3.05, 3.63) is 0 Å². The highest BCUT2D eigenvalue weighted by molar-refractivity contribution is 7.91. The van der Waals surface area contributed by atoms with Crippen LogP contribution in [-0.2, 0) is 24.0 Å². The molecule has 2 heterocycles. The molecular formula is C12H20O6S. The van der Waals surface area contributed by atoms with Crippen molar-refractivity contribution in [2.75, 3.05) is 24.7 Å². The second-order valence-electron chi connectivity index (χ2n) is 5.63. The van der Waals surface area contributed by atoms with Gasteiger partial charge in [-0.3, -0.25) is 0 Å². The summed E-state index contributed by atoms with van der Waals surface area (Å²) >= 11 is 0. The Balaban J connectivity index is 1.52. The molecule has 110 valence electrons. The monoisotopic (exact) mass is 292 g/mol. The molecule has 0 aromatic carbocycles. The van der Waals surface area contributed by atoms with Crippen molar-refractivity contribution in [3.63, 3.8) is 0 Å². The van der Waals surface area contributed by atoms with E-state index in [-0.39, 0.29) is 17.6 Å². The average Bonchev–Trinajstić information content (AvgIpc) is 2.88. The summed E-state index contributed by atoms with van der Waals surface area (Å²) in [5, 5.41) is 9.71. The molecule has 1 spiro atoms. The predicted octanol–water partition coefficient (Wildman–Crippen LogP) is -0.153. The van der Waals surface area contributed by atoms with Crippen molar-refractivity contribution >= 4 is 9.84 Å². The lowest BCUT2D eigenvalue weighted by Gasteiger charge is -2.36. The molecule has 3 fully saturated rings. The molecule has 0 bridgehead atoms. The second kappa shape index (κ2) is 4.96. The van der Waals surface area contributed by atoms with Gasteiger partial charge in [0.2, 0.25) is 0 Å². The first-order valence-electron chi connectivity index (χ1n) is 6.80. The first-order valence-corrected chi connectivity index (χ1v) is 8.62. The van der Waals surface area contributed by atoms with Crippen LogP contribution in [0.25, 0.3) is 0 Å². The van der Waals surface area contributed by atoms with Crippen LogP contribution in [0.5, 0.6) is 0 Å². The van der Waals surface area contributed by atoms with Crippen molar-refractivity contribution in [1.29, 1.82) is 0 Å². The molecule has 19 heavy (non-hydrogen) atoms. The van der Waals surface area contributed by atoms with Crippen LogP contribution in [0, 0.1) is 0 Å². The van der Waals surface area contributed by atoms with Crippen LogP contribution < -0.4 is 0 Å². The minimum absolute atomic E-state index is 0.00799. The van der Waals surface area contributed by atoms with Gasteiger partial charge in [-0.25, -0.2) is 8.42 Å². The van der Waals surface area contributed by atoms with E-state index >= 15 is 0 Å². The zero-order chi connectivity index (χ0) is 13.5. The molecule has 1 aliphatic carbocycles. The van der Waals surface area contributed by atoms with E-state index in [1.54, 1.807) is 0 Å². The summed E-state index contributed by atoms with van der Waals surface area (Å²) < 4.78 is 39.9. The molecule has 2 atom stereocenters. The van der Waals surface area contributed by atoms with Gasteiger partial charge in [-0.05, 0) is 12.8 Å². The Morgan fingerprint density at radius 2 is 1.74 bits per heavy atom. The van der Waals surface area contributed by atoms with Gasteiger partial charge in [0, 0.05) is 12.8 Å². The molecule has 1 N–H and O–H groups in total. The van der Waals surface area contributed by atoms with Gasteiger partial charge in [0.05, 0.1) is 43.0 Å². The van der Waals surface area contributed by atoms with Gasteiger partial charge in [0.1, 0.15) is 0 Å². The number of hydrogen-bond acceptors (Lipinski definition) is 6. The molecule has 3 rings (SSSR count). The van der Waals surface area contributed by atoms with Crippen LogP contribution >= 0.6 is 0 Å². The van der Waals surface area contributed by atoms with Gasteiger partial charge in [-0.2, -0.15) is 0 Å². The van der Waals surface area contributed by atoms with Crippen LogP contribution in [0.1, 0.15) is 25.7 Å². The minimum atomic E-state index is -3.14. The van der Waals surface area contributed by atoms with Crippen molar-refractivity contribution in [2.45, 2.75) is 49.8 Å². The topological polar surface area (TPSA) is 82.1 Å². The Morgan fingerprint density at radius 3 is 2.26 bits per heavy atom. The molecule has 2 saturated heterocycles. The van der Waals surface area contributed by atoms with Crippen molar-refractivity contribution < 1.29 is 27.7 Å². The summed E-state index contributed by atoms with van der Waals surface area (Å²) in [6.07, 6.45) is 1.63. The maximum Gasteiger partial charge on any atom is 0.168 e. The zero-order valence-corrected chi connectivity index (χ0v) is 11.6. The maximum atomic E-state index is 11.4. The molecule has 1 saturated carbocycles. The summed E-state index contributed by atoms with van der Waals surface area (Å²) in [7, 11) is -3.14. The number of ether oxygens (including phenoxy) is 3. The lowest BCUT2D eigenvalue weighted by Crippen LogP contribution is -2.40. The fraction of sp³-hybridized carbons (Fsp3) is 1.00. The third kappa shape index (κ3) is 2.95. The van der Waals surface area contributed by atoms with E-state index in [1.807, 2.05) is 0 Å². The van der Waals surface area contributed by atoms with Crippen molar-refractivity contribution in [2.24, 2.45) is 0 Å². The quantitative estimate of drug-likeness (QED) is 0.762. The van der Waals surface area contributed by atoms with Gasteiger partial charge < -0.3 is 19.3 Å². The third-order valence-corrected chi connectivity index (χ3v) is 5.83. The molecular weight excluding hydrogens is 272 g/mol. The minimum Gasteiger partial charge on any atom is -0.389 e. The molecule has 3 aliphatic rings. The van der Waals surface area contributed by atoms with Gasteiger partial charge in [-0.15, -0.1) is 0 Å². The summed E-state index contributed by atoms with van der Waals surface area (Å²) in [4.78, 5) is 0. The van der Waals surface area contributed by atoms with E-state index in [0.717, 1.165) is 25.7 Å². The molecule has 0 amide bonds. The highest BCUT2D eigenvalue weighted by Gasteiger charge is 2.43. The van der Waals surface area contributed by atoms with E-state index in [0.29, 0.717) is 13.2 Å². The predicted molar refractivity (Wildman–Crippen MR) is 66.4 cm³/mol. The Hall–Kier alpha value is -0.210. The molecule has 7 heteroatoms. The van der Waals surface area contributed by atoms with E-state index in [4.69, 9.17) is 14.2 Å². The van der Waals surface area contributed by atoms with Crippen molar-refractivity contribution in [3.8, 4) is 0 Å². The maximum absolute atomic E-state index is 11.4. The number of sulfone groups is 1. The van der Waals surface area contributed by atoms with Gasteiger partial charge in [0.25, 0.3) is 0 Å². The van der Waals surface area contributed by atoms with Gasteiger partial charge >= 0.3 is 0 Å². The largest absolute Gasteiger partial charge is 0.389 e. The number of aliphatic hydroxyl groups is 1. The van der Waals surface area contributed by atoms with Crippen molar-refractivity contribution in [1.82, 2.24) is 0 Å². The number of aliphatic hydroxyl groups excluding tert-OH is 1. The Labute approximate surface area is 112 Å². The highest BCUT2D eigenvalue weighted by atomic mass is 32.2. The average molecular weight is 292 g/mol. The van der Waals surface area contributed by atoms with Crippen LogP contribution in [0.4, 0.5) is 0 Å². The van der Waals surface area contributed by atoms with Gasteiger partial charge in [0.15, 0.2) is 15.6 Å². The molecule has 2 aliphatic heterocycles. The molecule has 6 nitrogen and oxygen atoms in total. The van der Waals surface area contributed by atoms with E-state index < -0.39 is 27.8 Å². The van der Waals surface area contributed by atoms with Crippen LogP contribution in [-0.4, -0.2) is 62.3 Å². The Bertz CT molecular complexity index is 418. The van der Waals surface area contributed by atoms with E-state index in [1.165, 1.54) is 0 Å². The zero-order valence-electron chi connectivity index (χ0n) is 10.8. The van der Waals surface area contributed by atoms with Crippen LogP contribution in [0.15, 0.2) is 0 Å². The lowest BCUT2D eigenvalue weighted by atomic mass is 9.91. The molecule has 0 aromatic heterocycles. The highest BCUT2D eigenvalue weighted by Crippen LogP contribution is 2.37. The fourth-order valence-corrected chi connectivity index (χ4v) is 4.80. The summed E-state index contributed by atoms with van der Waals surface area (Å²) in [6.45, 7) is 1.29.